The van der Waals surface area contributed by atoms with E-state index < -0.39 is 0 Å². The molecule has 4 heteroatoms. The minimum atomic E-state index is -0.295. The highest BCUT2D eigenvalue weighted by Crippen LogP contribution is 2.68. The van der Waals surface area contributed by atoms with E-state index in [1.807, 2.05) is 0 Å². The Kier molecular flexibility index (Phi) is 5.66. The van der Waals surface area contributed by atoms with Crippen LogP contribution in [0.5, 0.6) is 0 Å². The van der Waals surface area contributed by atoms with Crippen molar-refractivity contribution in [3.05, 3.63) is 0 Å². The van der Waals surface area contributed by atoms with Crippen molar-refractivity contribution in [3.8, 4) is 0 Å². The second kappa shape index (κ2) is 7.51. The Bertz CT molecular complexity index is 567. The van der Waals surface area contributed by atoms with Gasteiger partial charge in [0.25, 0.3) is 0 Å². The lowest BCUT2D eigenvalue weighted by atomic mass is 9.43. The number of hydrogen-bond acceptors (Lipinski definition) is 4. The van der Waals surface area contributed by atoms with Gasteiger partial charge < -0.3 is 20.4 Å². The largest absolute Gasteiger partial charge is 0.396 e. The van der Waals surface area contributed by atoms with Crippen molar-refractivity contribution < 1.29 is 20.4 Å². The molecule has 162 valence electrons. The third kappa shape index (κ3) is 3.09. The molecule has 0 spiro atoms. The van der Waals surface area contributed by atoms with Crippen molar-refractivity contribution in [1.82, 2.24) is 0 Å². The first-order valence-corrected chi connectivity index (χ1v) is 11.9. The van der Waals surface area contributed by atoms with Crippen molar-refractivity contribution in [1.29, 1.82) is 0 Å². The van der Waals surface area contributed by atoms with E-state index in [4.69, 9.17) is 0 Å². The number of hydrogen-bond donors (Lipinski definition) is 4. The maximum Gasteiger partial charge on any atom is 0.0579 e. The van der Waals surface area contributed by atoms with Crippen molar-refractivity contribution in [2.45, 2.75) is 96.9 Å². The van der Waals surface area contributed by atoms with E-state index >= 15 is 0 Å². The monoisotopic (exact) mass is 394 g/mol. The van der Waals surface area contributed by atoms with E-state index in [0.717, 1.165) is 57.8 Å². The van der Waals surface area contributed by atoms with Crippen LogP contribution in [0.1, 0.15) is 78.6 Å². The van der Waals surface area contributed by atoms with Gasteiger partial charge in [-0.2, -0.15) is 0 Å². The lowest BCUT2D eigenvalue weighted by Crippen LogP contribution is -2.58. The highest BCUT2D eigenvalue weighted by atomic mass is 16.3. The predicted molar refractivity (Wildman–Crippen MR) is 109 cm³/mol. The molecule has 0 aromatic rings. The van der Waals surface area contributed by atoms with Crippen LogP contribution in [0.3, 0.4) is 0 Å². The Morgan fingerprint density at radius 3 is 2.32 bits per heavy atom. The van der Waals surface area contributed by atoms with Gasteiger partial charge in [-0.15, -0.1) is 0 Å². The first kappa shape index (κ1) is 21.1. The third-order valence-corrected chi connectivity index (χ3v) is 10.2. The van der Waals surface area contributed by atoms with Gasteiger partial charge in [-0.05, 0) is 104 Å². The smallest absolute Gasteiger partial charge is 0.0579 e. The second-order valence-corrected chi connectivity index (χ2v) is 11.4. The van der Waals surface area contributed by atoms with E-state index in [-0.39, 0.29) is 41.7 Å². The van der Waals surface area contributed by atoms with Crippen LogP contribution in [0.4, 0.5) is 0 Å². The minimum Gasteiger partial charge on any atom is -0.396 e. The summed E-state index contributed by atoms with van der Waals surface area (Å²) in [5.74, 6) is 2.31. The fourth-order valence-electron chi connectivity index (χ4n) is 8.88. The molecule has 11 atom stereocenters. The first-order chi connectivity index (χ1) is 13.2. The molecule has 0 saturated heterocycles. The lowest BCUT2D eigenvalue weighted by Gasteiger charge is -2.62. The molecule has 0 aliphatic heterocycles. The first-order valence-electron chi connectivity index (χ1n) is 11.9. The SMILES string of the molecule is CC(CCCO)C1C(O)CC2C3C(O)CC4CC(O)CCC4(C)C3CCC21C. The summed E-state index contributed by atoms with van der Waals surface area (Å²) in [6.07, 6.45) is 7.76. The summed E-state index contributed by atoms with van der Waals surface area (Å²) >= 11 is 0. The van der Waals surface area contributed by atoms with Gasteiger partial charge in [-0.1, -0.05) is 20.8 Å². The molecule has 0 aromatic heterocycles. The van der Waals surface area contributed by atoms with Crippen LogP contribution >= 0.6 is 0 Å². The molecule has 4 rings (SSSR count). The summed E-state index contributed by atoms with van der Waals surface area (Å²) in [5, 5.41) is 41.8. The van der Waals surface area contributed by atoms with Gasteiger partial charge in [0.15, 0.2) is 0 Å². The number of fused-ring (bicyclic) bond motifs is 5. The van der Waals surface area contributed by atoms with E-state index in [9.17, 15) is 20.4 Å². The Morgan fingerprint density at radius 2 is 1.61 bits per heavy atom. The van der Waals surface area contributed by atoms with Crippen molar-refractivity contribution in [3.63, 3.8) is 0 Å². The van der Waals surface area contributed by atoms with E-state index in [1.54, 1.807) is 0 Å². The average Bonchev–Trinajstić information content (AvgIpc) is 2.91. The molecule has 0 heterocycles. The normalized spacial score (nSPS) is 54.5. The van der Waals surface area contributed by atoms with Crippen molar-refractivity contribution in [2.24, 2.45) is 46.3 Å². The van der Waals surface area contributed by atoms with Gasteiger partial charge in [0.1, 0.15) is 0 Å². The van der Waals surface area contributed by atoms with Gasteiger partial charge in [0.2, 0.25) is 0 Å². The van der Waals surface area contributed by atoms with E-state index in [1.165, 1.54) is 0 Å². The molecular formula is C24H42O4. The molecule has 0 radical (unpaired) electrons. The highest BCUT2D eigenvalue weighted by Gasteiger charge is 2.64. The molecule has 4 aliphatic carbocycles. The third-order valence-electron chi connectivity index (χ3n) is 10.2. The second-order valence-electron chi connectivity index (χ2n) is 11.4. The number of aliphatic hydroxyl groups excluding tert-OH is 4. The van der Waals surface area contributed by atoms with Crippen LogP contribution in [-0.2, 0) is 0 Å². The average molecular weight is 395 g/mol. The highest BCUT2D eigenvalue weighted by molar-refractivity contribution is 5.13. The van der Waals surface area contributed by atoms with Gasteiger partial charge in [0, 0.05) is 6.61 Å². The van der Waals surface area contributed by atoms with Gasteiger partial charge in [0.05, 0.1) is 18.3 Å². The molecule has 0 bridgehead atoms. The molecule has 4 nitrogen and oxygen atoms in total. The maximum atomic E-state index is 11.3. The maximum absolute atomic E-state index is 11.3. The van der Waals surface area contributed by atoms with Crippen molar-refractivity contribution >= 4 is 0 Å². The lowest BCUT2D eigenvalue weighted by molar-refractivity contribution is -0.174. The summed E-state index contributed by atoms with van der Waals surface area (Å²) in [6.45, 7) is 7.29. The quantitative estimate of drug-likeness (QED) is 0.589. The standard InChI is InChI=1S/C24H42O4/c1-14(5-4-10-25)22-20(28)13-18-21-17(7-9-24(18,22)3)23(2)8-6-16(26)11-15(23)12-19(21)27/h14-22,25-28H,4-13H2,1-3H3. The Hall–Kier alpha value is -0.160. The zero-order valence-electron chi connectivity index (χ0n) is 18.1. The zero-order chi connectivity index (χ0) is 20.3. The Balaban J connectivity index is 1.61. The zero-order valence-corrected chi connectivity index (χ0v) is 18.1. The molecule has 0 amide bonds. The van der Waals surface area contributed by atoms with Crippen LogP contribution in [0, 0.1) is 46.3 Å². The van der Waals surface area contributed by atoms with Crippen LogP contribution in [0.15, 0.2) is 0 Å². The number of rotatable bonds is 4. The molecule has 28 heavy (non-hydrogen) atoms. The molecule has 4 fully saturated rings. The van der Waals surface area contributed by atoms with Crippen molar-refractivity contribution in [2.75, 3.05) is 6.61 Å². The van der Waals surface area contributed by atoms with Crippen LogP contribution < -0.4 is 0 Å². The summed E-state index contributed by atoms with van der Waals surface area (Å²) in [5.41, 5.74) is 0.323. The Labute approximate surface area is 170 Å². The van der Waals surface area contributed by atoms with Gasteiger partial charge in [-0.3, -0.25) is 0 Å². The minimum absolute atomic E-state index is 0.0911. The van der Waals surface area contributed by atoms with E-state index in [2.05, 4.69) is 20.8 Å². The molecule has 4 N–H and O–H groups in total. The molecule has 4 saturated carbocycles. The molecule has 0 aromatic carbocycles. The summed E-state index contributed by atoms with van der Waals surface area (Å²) in [7, 11) is 0. The number of aliphatic hydroxyl groups is 4. The Morgan fingerprint density at radius 1 is 0.893 bits per heavy atom. The summed E-state index contributed by atoms with van der Waals surface area (Å²) in [4.78, 5) is 0. The van der Waals surface area contributed by atoms with Crippen LogP contribution in [-0.4, -0.2) is 45.3 Å². The predicted octanol–water partition coefficient (Wildman–Crippen LogP) is 3.36. The fraction of sp³-hybridized carbons (Fsp3) is 1.00. The van der Waals surface area contributed by atoms with Gasteiger partial charge >= 0.3 is 0 Å². The van der Waals surface area contributed by atoms with E-state index in [0.29, 0.717) is 29.6 Å². The molecule has 11 unspecified atom stereocenters. The van der Waals surface area contributed by atoms with Crippen LogP contribution in [0.2, 0.25) is 0 Å². The summed E-state index contributed by atoms with van der Waals surface area (Å²) < 4.78 is 0. The topological polar surface area (TPSA) is 80.9 Å². The van der Waals surface area contributed by atoms with Gasteiger partial charge in [-0.25, -0.2) is 0 Å². The van der Waals surface area contributed by atoms with Crippen LogP contribution in [0.25, 0.3) is 0 Å². The molecular weight excluding hydrogens is 352 g/mol. The molecule has 4 aliphatic rings. The summed E-state index contributed by atoms with van der Waals surface area (Å²) in [6, 6.07) is 0. The fourth-order valence-corrected chi connectivity index (χ4v) is 8.88.